The van der Waals surface area contributed by atoms with Crippen LogP contribution >= 0.6 is 0 Å². The van der Waals surface area contributed by atoms with E-state index in [0.29, 0.717) is 32.2 Å². The lowest BCUT2D eigenvalue weighted by Crippen LogP contribution is -2.33. The fraction of sp³-hybridized carbons (Fsp3) is 0.389. The van der Waals surface area contributed by atoms with Crippen LogP contribution in [0.15, 0.2) is 42.7 Å². The van der Waals surface area contributed by atoms with E-state index < -0.39 is 5.82 Å². The maximum absolute atomic E-state index is 14.0. The third-order valence-corrected chi connectivity index (χ3v) is 4.22. The average molecular weight is 331 g/mol. The molecule has 0 radical (unpaired) electrons. The molecule has 1 aromatic heterocycles. The van der Waals surface area contributed by atoms with Crippen molar-refractivity contribution in [3.63, 3.8) is 0 Å². The molecule has 1 aliphatic heterocycles. The second-order valence-electron chi connectivity index (χ2n) is 5.94. The zero-order chi connectivity index (χ0) is 16.9. The van der Waals surface area contributed by atoms with Crippen LogP contribution in [0.4, 0.5) is 14.9 Å². The second kappa shape index (κ2) is 7.49. The number of likely N-dealkylation sites (tertiary alicyclic amines) is 1. The maximum Gasteiger partial charge on any atom is 0.321 e. The molecule has 1 atom stereocenters. The Hall–Kier alpha value is -2.34. The van der Waals surface area contributed by atoms with E-state index in [0.717, 1.165) is 12.1 Å². The number of ether oxygens (including phenoxy) is 1. The van der Waals surface area contributed by atoms with E-state index in [1.54, 1.807) is 17.0 Å². The van der Waals surface area contributed by atoms with Crippen molar-refractivity contribution >= 4 is 11.7 Å². The molecule has 1 N–H and O–H groups in total. The first-order valence-corrected chi connectivity index (χ1v) is 8.24. The maximum atomic E-state index is 14.0. The standard InChI is InChI=1S/C18H22FN3O2/c1-2-24-13-14-7-10-22(12-14)18(23)20-17-11-15(5-6-16(17)19)21-8-3-4-9-21/h3-6,8-9,11,14H,2,7,10,12-13H2,1H3,(H,20,23)/t14-/m0/s1. The van der Waals surface area contributed by atoms with Gasteiger partial charge in [-0.3, -0.25) is 0 Å². The van der Waals surface area contributed by atoms with Gasteiger partial charge in [-0.05, 0) is 43.7 Å². The molecule has 0 saturated carbocycles. The Morgan fingerprint density at radius 1 is 1.38 bits per heavy atom. The fourth-order valence-corrected chi connectivity index (χ4v) is 2.91. The highest BCUT2D eigenvalue weighted by Crippen LogP contribution is 2.22. The van der Waals surface area contributed by atoms with E-state index in [1.807, 2.05) is 36.0 Å². The van der Waals surface area contributed by atoms with Gasteiger partial charge >= 0.3 is 6.03 Å². The summed E-state index contributed by atoms with van der Waals surface area (Å²) in [7, 11) is 0. The highest BCUT2D eigenvalue weighted by Gasteiger charge is 2.26. The van der Waals surface area contributed by atoms with Gasteiger partial charge in [0.05, 0.1) is 12.3 Å². The van der Waals surface area contributed by atoms with E-state index in [9.17, 15) is 9.18 Å². The molecule has 2 amide bonds. The number of hydrogen-bond acceptors (Lipinski definition) is 2. The van der Waals surface area contributed by atoms with Gasteiger partial charge in [-0.2, -0.15) is 0 Å². The molecule has 1 aliphatic rings. The van der Waals surface area contributed by atoms with Crippen molar-refractivity contribution in [2.24, 2.45) is 5.92 Å². The highest BCUT2D eigenvalue weighted by molar-refractivity contribution is 5.90. The van der Waals surface area contributed by atoms with Gasteiger partial charge in [-0.25, -0.2) is 9.18 Å². The summed E-state index contributed by atoms with van der Waals surface area (Å²) in [5.41, 5.74) is 0.992. The number of rotatable bonds is 5. The van der Waals surface area contributed by atoms with Crippen molar-refractivity contribution in [2.75, 3.05) is 31.6 Å². The van der Waals surface area contributed by atoms with Gasteiger partial charge in [0, 0.05) is 43.7 Å². The minimum absolute atomic E-state index is 0.194. The van der Waals surface area contributed by atoms with Gasteiger partial charge in [0.25, 0.3) is 0 Å². The molecule has 0 spiro atoms. The van der Waals surface area contributed by atoms with Crippen LogP contribution in [0.25, 0.3) is 5.69 Å². The minimum atomic E-state index is -0.440. The number of nitrogens with zero attached hydrogens (tertiary/aromatic N) is 2. The molecule has 24 heavy (non-hydrogen) atoms. The smallest absolute Gasteiger partial charge is 0.321 e. The first kappa shape index (κ1) is 16.5. The van der Waals surface area contributed by atoms with Crippen LogP contribution in [0.3, 0.4) is 0 Å². The van der Waals surface area contributed by atoms with Crippen molar-refractivity contribution < 1.29 is 13.9 Å². The van der Waals surface area contributed by atoms with Crippen molar-refractivity contribution in [3.8, 4) is 5.69 Å². The van der Waals surface area contributed by atoms with Crippen LogP contribution in [0.5, 0.6) is 0 Å². The molecular formula is C18H22FN3O2. The van der Waals surface area contributed by atoms with Crippen LogP contribution in [0.2, 0.25) is 0 Å². The predicted octanol–water partition coefficient (Wildman–Crippen LogP) is 3.51. The first-order valence-electron chi connectivity index (χ1n) is 8.24. The Balaban J connectivity index is 1.65. The third kappa shape index (κ3) is 3.76. The van der Waals surface area contributed by atoms with Gasteiger partial charge in [0.1, 0.15) is 5.82 Å². The molecule has 0 unspecified atom stereocenters. The largest absolute Gasteiger partial charge is 0.381 e. The molecule has 2 heterocycles. The molecule has 3 rings (SSSR count). The number of nitrogens with one attached hydrogen (secondary N) is 1. The topological polar surface area (TPSA) is 46.5 Å². The molecule has 6 heteroatoms. The number of aromatic nitrogens is 1. The van der Waals surface area contributed by atoms with Gasteiger partial charge in [-0.1, -0.05) is 0 Å². The Bertz CT molecular complexity index is 688. The zero-order valence-corrected chi connectivity index (χ0v) is 13.7. The zero-order valence-electron chi connectivity index (χ0n) is 13.7. The lowest BCUT2D eigenvalue weighted by molar-refractivity contribution is 0.113. The second-order valence-corrected chi connectivity index (χ2v) is 5.94. The van der Waals surface area contributed by atoms with Crippen LogP contribution in [0, 0.1) is 11.7 Å². The van der Waals surface area contributed by atoms with Crippen LogP contribution < -0.4 is 5.32 Å². The molecule has 1 aromatic carbocycles. The Labute approximate surface area is 141 Å². The van der Waals surface area contributed by atoms with E-state index in [2.05, 4.69) is 5.32 Å². The van der Waals surface area contributed by atoms with Gasteiger partial charge in [0.2, 0.25) is 0 Å². The molecule has 2 aromatic rings. The molecule has 1 fully saturated rings. The summed E-state index contributed by atoms with van der Waals surface area (Å²) in [4.78, 5) is 14.1. The summed E-state index contributed by atoms with van der Waals surface area (Å²) in [6.45, 7) is 4.62. The van der Waals surface area contributed by atoms with E-state index in [4.69, 9.17) is 4.74 Å². The van der Waals surface area contributed by atoms with Crippen molar-refractivity contribution in [2.45, 2.75) is 13.3 Å². The molecule has 5 nitrogen and oxygen atoms in total. The van der Waals surface area contributed by atoms with Crippen LogP contribution in [0.1, 0.15) is 13.3 Å². The fourth-order valence-electron chi connectivity index (χ4n) is 2.91. The number of benzene rings is 1. The lowest BCUT2D eigenvalue weighted by atomic mass is 10.1. The van der Waals surface area contributed by atoms with E-state index in [-0.39, 0.29) is 11.7 Å². The summed E-state index contributed by atoms with van der Waals surface area (Å²) < 4.78 is 21.3. The number of halogens is 1. The summed E-state index contributed by atoms with van der Waals surface area (Å²) in [5, 5.41) is 2.69. The number of amides is 2. The van der Waals surface area contributed by atoms with Gasteiger partial charge < -0.3 is 19.5 Å². The predicted molar refractivity (Wildman–Crippen MR) is 90.9 cm³/mol. The van der Waals surface area contributed by atoms with E-state index in [1.165, 1.54) is 6.07 Å². The normalized spacial score (nSPS) is 17.2. The van der Waals surface area contributed by atoms with Gasteiger partial charge in [-0.15, -0.1) is 0 Å². The number of urea groups is 1. The Morgan fingerprint density at radius 3 is 2.92 bits per heavy atom. The molecule has 0 bridgehead atoms. The Morgan fingerprint density at radius 2 is 2.17 bits per heavy atom. The van der Waals surface area contributed by atoms with Crippen LogP contribution in [-0.4, -0.2) is 41.8 Å². The molecule has 128 valence electrons. The van der Waals surface area contributed by atoms with Crippen molar-refractivity contribution in [1.29, 1.82) is 0 Å². The Kier molecular flexibility index (Phi) is 5.15. The summed E-state index contributed by atoms with van der Waals surface area (Å²) in [6.07, 6.45) is 4.66. The van der Waals surface area contributed by atoms with Gasteiger partial charge in [0.15, 0.2) is 0 Å². The minimum Gasteiger partial charge on any atom is -0.381 e. The summed E-state index contributed by atoms with van der Waals surface area (Å²) in [6, 6.07) is 8.21. The number of hydrogen-bond donors (Lipinski definition) is 1. The van der Waals surface area contributed by atoms with Crippen molar-refractivity contribution in [1.82, 2.24) is 9.47 Å². The molecule has 0 aliphatic carbocycles. The van der Waals surface area contributed by atoms with Crippen LogP contribution in [-0.2, 0) is 4.74 Å². The monoisotopic (exact) mass is 331 g/mol. The first-order chi connectivity index (χ1) is 11.7. The van der Waals surface area contributed by atoms with E-state index >= 15 is 0 Å². The lowest BCUT2D eigenvalue weighted by Gasteiger charge is -2.18. The summed E-state index contributed by atoms with van der Waals surface area (Å²) in [5.74, 6) is -0.0870. The third-order valence-electron chi connectivity index (χ3n) is 4.22. The highest BCUT2D eigenvalue weighted by atomic mass is 19.1. The summed E-state index contributed by atoms with van der Waals surface area (Å²) >= 11 is 0. The molecule has 1 saturated heterocycles. The average Bonchev–Trinajstić information content (AvgIpc) is 3.26. The SMILES string of the molecule is CCOC[C@H]1CCN(C(=O)Nc2cc(-n3cccc3)ccc2F)C1. The number of anilines is 1. The number of carbonyl (C=O) groups is 1. The molecular weight excluding hydrogens is 309 g/mol. The quantitative estimate of drug-likeness (QED) is 0.911. The van der Waals surface area contributed by atoms with Crippen molar-refractivity contribution in [3.05, 3.63) is 48.5 Å². The number of carbonyl (C=O) groups excluding carboxylic acids is 1.